The molecule has 0 aliphatic carbocycles. The summed E-state index contributed by atoms with van der Waals surface area (Å²) in [5.74, 6) is -0.137. The van der Waals surface area contributed by atoms with Crippen LogP contribution in [0.3, 0.4) is 0 Å². The molecule has 106 valence electrons. The second kappa shape index (κ2) is 7.01. The van der Waals surface area contributed by atoms with Gasteiger partial charge in [0.2, 0.25) is 0 Å². The Morgan fingerprint density at radius 1 is 1.00 bits per heavy atom. The van der Waals surface area contributed by atoms with Gasteiger partial charge >= 0.3 is 0 Å². The van der Waals surface area contributed by atoms with Gasteiger partial charge < -0.3 is 9.80 Å². The molecule has 0 aromatic heterocycles. The quantitative estimate of drug-likeness (QED) is 0.758. The van der Waals surface area contributed by atoms with Crippen molar-refractivity contribution in [2.24, 2.45) is 0 Å². The lowest BCUT2D eigenvalue weighted by atomic mass is 10.1. The van der Waals surface area contributed by atoms with Crippen LogP contribution in [0.1, 0.15) is 32.3 Å². The second-order valence-corrected chi connectivity index (χ2v) is 5.72. The van der Waals surface area contributed by atoms with Crippen LogP contribution in [0.25, 0.3) is 0 Å². The molecule has 0 amide bonds. The van der Waals surface area contributed by atoms with Gasteiger partial charge in [0.1, 0.15) is 38.5 Å². The van der Waals surface area contributed by atoms with Crippen LogP contribution in [0.2, 0.25) is 0 Å². The number of quaternary nitrogens is 2. The molecule has 0 atom stereocenters. The molecule has 1 saturated heterocycles. The van der Waals surface area contributed by atoms with Crippen LogP contribution in [-0.2, 0) is 6.54 Å². The largest absolute Gasteiger partial charge is 0.323 e. The third-order valence-corrected chi connectivity index (χ3v) is 4.53. The van der Waals surface area contributed by atoms with E-state index in [1.165, 1.54) is 44.6 Å². The third-order valence-electron chi connectivity index (χ3n) is 4.53. The van der Waals surface area contributed by atoms with Crippen LogP contribution >= 0.6 is 0 Å². The fraction of sp³-hybridized carbons (Fsp3) is 0.625. The lowest BCUT2D eigenvalue weighted by Gasteiger charge is -2.34. The van der Waals surface area contributed by atoms with Gasteiger partial charge in [-0.05, 0) is 25.0 Å². The SMILES string of the molecule is CCC(CC)[NH+]1CC[NH+](Cc2ccc(F)cc2)CC1. The molecule has 0 saturated carbocycles. The lowest BCUT2D eigenvalue weighted by molar-refractivity contribution is -1.03. The van der Waals surface area contributed by atoms with Crippen molar-refractivity contribution >= 4 is 0 Å². The Bertz CT molecular complexity index is 365. The Balaban J connectivity index is 1.81. The van der Waals surface area contributed by atoms with Gasteiger partial charge in [0.25, 0.3) is 0 Å². The van der Waals surface area contributed by atoms with E-state index in [1.807, 2.05) is 12.1 Å². The minimum absolute atomic E-state index is 0.137. The van der Waals surface area contributed by atoms with Crippen LogP contribution in [0.4, 0.5) is 4.39 Å². The molecule has 2 rings (SSSR count). The normalized spacial score (nSPS) is 23.8. The van der Waals surface area contributed by atoms with Gasteiger partial charge in [-0.15, -0.1) is 0 Å². The predicted molar refractivity (Wildman–Crippen MR) is 75.9 cm³/mol. The average molecular weight is 266 g/mol. The van der Waals surface area contributed by atoms with Crippen LogP contribution in [-0.4, -0.2) is 32.2 Å². The highest BCUT2D eigenvalue weighted by molar-refractivity contribution is 5.14. The first-order valence-electron chi connectivity index (χ1n) is 7.65. The predicted octanol–water partition coefficient (Wildman–Crippen LogP) is 0.298. The zero-order chi connectivity index (χ0) is 13.7. The Morgan fingerprint density at radius 3 is 2.11 bits per heavy atom. The Hall–Kier alpha value is -0.930. The first-order chi connectivity index (χ1) is 9.22. The summed E-state index contributed by atoms with van der Waals surface area (Å²) in [6.45, 7) is 10.7. The highest BCUT2D eigenvalue weighted by Crippen LogP contribution is 2.00. The Morgan fingerprint density at radius 2 is 1.58 bits per heavy atom. The molecule has 1 heterocycles. The first kappa shape index (κ1) is 14.5. The molecule has 1 aromatic rings. The smallest absolute Gasteiger partial charge is 0.127 e. The molecule has 1 aliphatic heterocycles. The molecule has 1 aromatic carbocycles. The highest BCUT2D eigenvalue weighted by Gasteiger charge is 2.27. The maximum absolute atomic E-state index is 12.9. The van der Waals surface area contributed by atoms with E-state index in [2.05, 4.69) is 13.8 Å². The number of piperazine rings is 1. The van der Waals surface area contributed by atoms with Gasteiger partial charge in [-0.3, -0.25) is 0 Å². The molecule has 1 aliphatic rings. The van der Waals surface area contributed by atoms with Crippen molar-refractivity contribution in [1.29, 1.82) is 0 Å². The van der Waals surface area contributed by atoms with Crippen molar-refractivity contribution in [2.75, 3.05) is 26.2 Å². The zero-order valence-corrected chi connectivity index (χ0v) is 12.2. The van der Waals surface area contributed by atoms with Crippen molar-refractivity contribution < 1.29 is 14.2 Å². The molecule has 2 nitrogen and oxygen atoms in total. The number of halogens is 1. The molecule has 19 heavy (non-hydrogen) atoms. The molecule has 2 N–H and O–H groups in total. The monoisotopic (exact) mass is 266 g/mol. The molecule has 0 bridgehead atoms. The summed E-state index contributed by atoms with van der Waals surface area (Å²) in [6.07, 6.45) is 2.58. The maximum Gasteiger partial charge on any atom is 0.127 e. The van der Waals surface area contributed by atoms with Gasteiger partial charge in [0.15, 0.2) is 0 Å². The van der Waals surface area contributed by atoms with Crippen molar-refractivity contribution in [1.82, 2.24) is 0 Å². The molecule has 3 heteroatoms. The number of nitrogens with one attached hydrogen (secondary N) is 2. The van der Waals surface area contributed by atoms with Crippen molar-refractivity contribution in [3.63, 3.8) is 0 Å². The summed E-state index contributed by atoms with van der Waals surface area (Å²) in [6, 6.07) is 7.82. The van der Waals surface area contributed by atoms with E-state index >= 15 is 0 Å². The molecule has 0 spiro atoms. The van der Waals surface area contributed by atoms with E-state index in [-0.39, 0.29) is 5.82 Å². The molecule has 0 radical (unpaired) electrons. The van der Waals surface area contributed by atoms with Crippen LogP contribution in [0, 0.1) is 5.82 Å². The standard InChI is InChI=1S/C16H25FN2/c1-3-16(4-2)19-11-9-18(10-12-19)13-14-5-7-15(17)8-6-14/h5-8,16H,3-4,9-13H2,1-2H3/p+2. The summed E-state index contributed by atoms with van der Waals surface area (Å²) in [5.41, 5.74) is 1.25. The minimum atomic E-state index is -0.137. The second-order valence-electron chi connectivity index (χ2n) is 5.72. The number of benzene rings is 1. The fourth-order valence-electron chi connectivity index (χ4n) is 3.27. The van der Waals surface area contributed by atoms with Crippen LogP contribution in [0.5, 0.6) is 0 Å². The van der Waals surface area contributed by atoms with E-state index in [4.69, 9.17) is 0 Å². The molecule has 0 unspecified atom stereocenters. The molecular formula is C16H27FN2+2. The van der Waals surface area contributed by atoms with E-state index in [0.29, 0.717) is 0 Å². The summed E-state index contributed by atoms with van der Waals surface area (Å²) >= 11 is 0. The zero-order valence-electron chi connectivity index (χ0n) is 12.2. The van der Waals surface area contributed by atoms with Gasteiger partial charge in [-0.1, -0.05) is 26.0 Å². The Labute approximate surface area is 116 Å². The van der Waals surface area contributed by atoms with E-state index in [1.54, 1.807) is 21.9 Å². The minimum Gasteiger partial charge on any atom is -0.323 e. The fourth-order valence-corrected chi connectivity index (χ4v) is 3.27. The summed E-state index contributed by atoms with van der Waals surface area (Å²) in [7, 11) is 0. The molecular weight excluding hydrogens is 239 g/mol. The maximum atomic E-state index is 12.9. The van der Waals surface area contributed by atoms with Gasteiger partial charge in [0.05, 0.1) is 6.04 Å². The topological polar surface area (TPSA) is 8.88 Å². The van der Waals surface area contributed by atoms with Gasteiger partial charge in [0, 0.05) is 5.56 Å². The van der Waals surface area contributed by atoms with Crippen molar-refractivity contribution in [2.45, 2.75) is 39.3 Å². The van der Waals surface area contributed by atoms with Crippen molar-refractivity contribution in [3.8, 4) is 0 Å². The lowest BCUT2D eigenvalue weighted by Crippen LogP contribution is -3.29. The average Bonchev–Trinajstić information content (AvgIpc) is 2.44. The van der Waals surface area contributed by atoms with Crippen molar-refractivity contribution in [3.05, 3.63) is 35.6 Å². The van der Waals surface area contributed by atoms with Gasteiger partial charge in [-0.2, -0.15) is 0 Å². The summed E-state index contributed by atoms with van der Waals surface area (Å²) in [4.78, 5) is 3.43. The summed E-state index contributed by atoms with van der Waals surface area (Å²) < 4.78 is 12.9. The van der Waals surface area contributed by atoms with E-state index in [0.717, 1.165) is 12.6 Å². The first-order valence-corrected chi connectivity index (χ1v) is 7.65. The number of rotatable bonds is 5. The third kappa shape index (κ3) is 4.02. The van der Waals surface area contributed by atoms with Crippen LogP contribution in [0.15, 0.2) is 24.3 Å². The number of hydrogen-bond donors (Lipinski definition) is 2. The Kier molecular flexibility index (Phi) is 5.34. The van der Waals surface area contributed by atoms with Gasteiger partial charge in [-0.25, -0.2) is 4.39 Å². The summed E-state index contributed by atoms with van der Waals surface area (Å²) in [5, 5.41) is 0. The number of hydrogen-bond acceptors (Lipinski definition) is 0. The van der Waals surface area contributed by atoms with Crippen LogP contribution < -0.4 is 9.80 Å². The highest BCUT2D eigenvalue weighted by atomic mass is 19.1. The molecule has 1 fully saturated rings. The van der Waals surface area contributed by atoms with E-state index in [9.17, 15) is 4.39 Å². The van der Waals surface area contributed by atoms with E-state index < -0.39 is 0 Å².